The molecular weight excluding hydrogens is 434 g/mol. The number of likely N-dealkylation sites (tertiary alicyclic amines) is 1. The molecule has 10 heteroatoms. The summed E-state index contributed by atoms with van der Waals surface area (Å²) in [5, 5.41) is 5.74. The lowest BCUT2D eigenvalue weighted by molar-refractivity contribution is 0.163. The number of anilines is 1. The van der Waals surface area contributed by atoms with Crippen molar-refractivity contribution in [3.8, 4) is 5.75 Å². The van der Waals surface area contributed by atoms with E-state index >= 15 is 0 Å². The van der Waals surface area contributed by atoms with Crippen LogP contribution in [0.1, 0.15) is 29.5 Å². The van der Waals surface area contributed by atoms with E-state index < -0.39 is 21.9 Å². The fraction of sp³-hybridized carbons (Fsp3) is 0.273. The van der Waals surface area contributed by atoms with Crippen molar-refractivity contribution in [1.82, 2.24) is 4.90 Å². The molecule has 4 rings (SSSR count). The van der Waals surface area contributed by atoms with Crippen LogP contribution in [-0.2, 0) is 16.6 Å². The number of ether oxygens (including phenoxy) is 1. The maximum atomic E-state index is 12.7. The van der Waals surface area contributed by atoms with E-state index in [0.29, 0.717) is 41.2 Å². The van der Waals surface area contributed by atoms with Crippen molar-refractivity contribution in [2.24, 2.45) is 5.14 Å². The third-order valence-corrected chi connectivity index (χ3v) is 5.92. The van der Waals surface area contributed by atoms with Gasteiger partial charge >= 0.3 is 11.7 Å². The first-order valence-corrected chi connectivity index (χ1v) is 11.7. The highest BCUT2D eigenvalue weighted by molar-refractivity contribution is 7.90. The molecule has 1 fully saturated rings. The van der Waals surface area contributed by atoms with Crippen molar-refractivity contribution in [2.75, 3.05) is 17.8 Å². The maximum absolute atomic E-state index is 12.7. The minimum atomic E-state index is -3.90. The molecule has 32 heavy (non-hydrogen) atoms. The topological polar surface area (TPSA) is 132 Å². The third-order valence-electron chi connectivity index (χ3n) is 5.40. The lowest BCUT2D eigenvalue weighted by atomic mass is 9.99. The molecule has 0 bridgehead atoms. The van der Waals surface area contributed by atoms with Gasteiger partial charge < -0.3 is 14.1 Å². The van der Waals surface area contributed by atoms with Gasteiger partial charge in [-0.15, -0.1) is 0 Å². The third kappa shape index (κ3) is 4.92. The summed E-state index contributed by atoms with van der Waals surface area (Å²) in [5.41, 5.74) is 2.02. The van der Waals surface area contributed by atoms with Crippen LogP contribution in [0.5, 0.6) is 5.75 Å². The average molecular weight is 458 g/mol. The van der Waals surface area contributed by atoms with Gasteiger partial charge in [0.25, 0.3) is 10.2 Å². The van der Waals surface area contributed by atoms with E-state index in [0.717, 1.165) is 23.8 Å². The Bertz CT molecular complexity index is 1340. The van der Waals surface area contributed by atoms with Crippen LogP contribution in [0.25, 0.3) is 11.0 Å². The van der Waals surface area contributed by atoms with Gasteiger partial charge in [-0.25, -0.2) is 14.7 Å². The molecule has 3 aromatic rings. The molecule has 0 aliphatic carbocycles. The molecule has 1 aromatic heterocycles. The van der Waals surface area contributed by atoms with E-state index in [9.17, 15) is 18.0 Å². The molecule has 1 saturated heterocycles. The summed E-state index contributed by atoms with van der Waals surface area (Å²) < 4.78 is 35.7. The molecule has 168 valence electrons. The number of rotatable bonds is 5. The molecule has 0 radical (unpaired) electrons. The monoisotopic (exact) mass is 457 g/mol. The number of aryl methyl sites for hydroxylation is 1. The van der Waals surface area contributed by atoms with E-state index in [1.807, 2.05) is 6.92 Å². The van der Waals surface area contributed by atoms with E-state index in [1.54, 1.807) is 41.3 Å². The Morgan fingerprint density at radius 2 is 1.94 bits per heavy atom. The highest BCUT2D eigenvalue weighted by Crippen LogP contribution is 2.26. The van der Waals surface area contributed by atoms with Crippen molar-refractivity contribution >= 4 is 33.0 Å². The molecule has 1 amide bonds. The zero-order valence-corrected chi connectivity index (χ0v) is 18.3. The van der Waals surface area contributed by atoms with Gasteiger partial charge in [0, 0.05) is 36.5 Å². The van der Waals surface area contributed by atoms with Crippen LogP contribution in [0.4, 0.5) is 10.5 Å². The van der Waals surface area contributed by atoms with Crippen molar-refractivity contribution in [3.05, 3.63) is 69.6 Å². The van der Waals surface area contributed by atoms with Gasteiger partial charge in [-0.05, 0) is 55.2 Å². The van der Waals surface area contributed by atoms with Crippen LogP contribution in [-0.4, -0.2) is 32.5 Å². The minimum absolute atomic E-state index is 0.246. The maximum Gasteiger partial charge on any atom is 0.415 e. The Labute approximate surface area is 185 Å². The fourth-order valence-corrected chi connectivity index (χ4v) is 4.28. The molecule has 3 N–H and O–H groups in total. The first kappa shape index (κ1) is 21.8. The lowest BCUT2D eigenvalue weighted by Gasteiger charge is -2.15. The van der Waals surface area contributed by atoms with Gasteiger partial charge in [0.2, 0.25) is 0 Å². The Morgan fingerprint density at radius 1 is 1.19 bits per heavy atom. The number of fused-ring (bicyclic) bond motifs is 1. The van der Waals surface area contributed by atoms with Gasteiger partial charge in [0.1, 0.15) is 11.3 Å². The first-order chi connectivity index (χ1) is 15.2. The highest BCUT2D eigenvalue weighted by atomic mass is 32.2. The molecule has 1 aliphatic rings. The Balaban J connectivity index is 1.60. The molecule has 2 aromatic carbocycles. The number of hydrogen-bond donors (Lipinski definition) is 2. The predicted octanol–water partition coefficient (Wildman–Crippen LogP) is 2.90. The van der Waals surface area contributed by atoms with E-state index in [2.05, 4.69) is 4.72 Å². The van der Waals surface area contributed by atoms with Crippen LogP contribution >= 0.6 is 0 Å². The number of nitrogens with two attached hydrogens (primary N) is 1. The van der Waals surface area contributed by atoms with Crippen LogP contribution in [0.3, 0.4) is 0 Å². The Morgan fingerprint density at radius 3 is 2.66 bits per heavy atom. The zero-order valence-electron chi connectivity index (χ0n) is 17.5. The second kappa shape index (κ2) is 8.64. The SMILES string of the molecule is Cc1c(Cc2cccc(NS(N)(=O)=O)c2)c(=O)oc2cc(OC(=O)N3CCCC3)ccc12. The summed E-state index contributed by atoms with van der Waals surface area (Å²) in [6.45, 7) is 3.17. The first-order valence-electron chi connectivity index (χ1n) is 10.1. The van der Waals surface area contributed by atoms with Crippen molar-refractivity contribution < 1.29 is 22.4 Å². The molecule has 9 nitrogen and oxygen atoms in total. The number of nitrogens with zero attached hydrogens (tertiary/aromatic N) is 1. The highest BCUT2D eigenvalue weighted by Gasteiger charge is 2.20. The normalized spacial score (nSPS) is 14.0. The molecule has 0 atom stereocenters. The largest absolute Gasteiger partial charge is 0.422 e. The fourth-order valence-electron chi connectivity index (χ4n) is 3.82. The van der Waals surface area contributed by atoms with Crippen LogP contribution < -0.4 is 20.2 Å². The van der Waals surface area contributed by atoms with Gasteiger partial charge in [-0.1, -0.05) is 12.1 Å². The number of benzene rings is 2. The van der Waals surface area contributed by atoms with Gasteiger partial charge in [-0.2, -0.15) is 8.42 Å². The molecule has 0 spiro atoms. The van der Waals surface area contributed by atoms with Crippen molar-refractivity contribution in [1.29, 1.82) is 0 Å². The van der Waals surface area contributed by atoms with E-state index in [4.69, 9.17) is 14.3 Å². The van der Waals surface area contributed by atoms with Crippen molar-refractivity contribution in [2.45, 2.75) is 26.2 Å². The second-order valence-corrected chi connectivity index (χ2v) is 9.03. The number of amides is 1. The number of nitrogens with one attached hydrogen (secondary N) is 1. The summed E-state index contributed by atoms with van der Waals surface area (Å²) in [6, 6.07) is 11.6. The molecule has 2 heterocycles. The zero-order chi connectivity index (χ0) is 22.9. The van der Waals surface area contributed by atoms with Gasteiger partial charge in [0.15, 0.2) is 0 Å². The quantitative estimate of drug-likeness (QED) is 0.566. The standard InChI is InChI=1S/C22H23N3O6S/c1-14-18-8-7-17(30-22(27)25-9-2-3-10-25)13-20(18)31-21(26)19(14)12-15-5-4-6-16(11-15)24-32(23,28)29/h4-8,11,13,24H,2-3,9-10,12H2,1H3,(H2,23,28,29). The summed E-state index contributed by atoms with van der Waals surface area (Å²) in [4.78, 5) is 26.6. The number of hydrogen-bond acceptors (Lipinski definition) is 6. The molecule has 0 unspecified atom stereocenters. The molecule has 1 aliphatic heterocycles. The Kier molecular flexibility index (Phi) is 5.90. The lowest BCUT2D eigenvalue weighted by Crippen LogP contribution is -2.30. The minimum Gasteiger partial charge on any atom is -0.422 e. The second-order valence-electron chi connectivity index (χ2n) is 7.74. The van der Waals surface area contributed by atoms with E-state index in [-0.39, 0.29) is 6.42 Å². The van der Waals surface area contributed by atoms with Crippen LogP contribution in [0.15, 0.2) is 51.7 Å². The van der Waals surface area contributed by atoms with Crippen LogP contribution in [0.2, 0.25) is 0 Å². The Hall–Kier alpha value is -3.37. The summed E-state index contributed by atoms with van der Waals surface area (Å²) in [5.74, 6) is 0.312. The molecule has 0 saturated carbocycles. The summed E-state index contributed by atoms with van der Waals surface area (Å²) in [7, 11) is -3.90. The summed E-state index contributed by atoms with van der Waals surface area (Å²) in [6.07, 6.45) is 1.76. The van der Waals surface area contributed by atoms with Gasteiger partial charge in [-0.3, -0.25) is 4.72 Å². The number of carbonyl (C=O) groups is 1. The van der Waals surface area contributed by atoms with Crippen molar-refractivity contribution in [3.63, 3.8) is 0 Å². The average Bonchev–Trinajstić information content (AvgIpc) is 3.25. The van der Waals surface area contributed by atoms with E-state index in [1.165, 1.54) is 6.07 Å². The number of carbonyl (C=O) groups excluding carboxylic acids is 1. The van der Waals surface area contributed by atoms with Crippen LogP contribution in [0, 0.1) is 6.92 Å². The summed E-state index contributed by atoms with van der Waals surface area (Å²) >= 11 is 0. The smallest absolute Gasteiger partial charge is 0.415 e. The predicted molar refractivity (Wildman–Crippen MR) is 120 cm³/mol. The molecular formula is C22H23N3O6S. The van der Waals surface area contributed by atoms with Gasteiger partial charge in [0.05, 0.1) is 5.69 Å².